The van der Waals surface area contributed by atoms with E-state index < -0.39 is 12.0 Å². The molecular weight excluding hydrogens is 314 g/mol. The van der Waals surface area contributed by atoms with Gasteiger partial charge in [0.1, 0.15) is 6.04 Å². The van der Waals surface area contributed by atoms with Gasteiger partial charge in [0.2, 0.25) is 0 Å². The number of aryl methyl sites for hydroxylation is 1. The highest BCUT2D eigenvalue weighted by molar-refractivity contribution is 7.12. The van der Waals surface area contributed by atoms with E-state index in [0.29, 0.717) is 18.5 Å². The number of nitrogens with zero attached hydrogens (tertiary/aromatic N) is 3. The third kappa shape index (κ3) is 2.76. The highest BCUT2D eigenvalue weighted by Gasteiger charge is 2.34. The quantitative estimate of drug-likeness (QED) is 0.937. The normalized spacial score (nSPS) is 18.2. The first-order valence-corrected chi connectivity index (χ1v) is 8.51. The summed E-state index contributed by atoms with van der Waals surface area (Å²) >= 11 is 1.50. The molecule has 0 aromatic carbocycles. The number of piperidine rings is 1. The molecule has 2 aromatic heterocycles. The molecule has 0 unspecified atom stereocenters. The molecule has 3 rings (SSSR count). The molecule has 6 nitrogen and oxygen atoms in total. The molecule has 1 N–H and O–H groups in total. The van der Waals surface area contributed by atoms with E-state index in [4.69, 9.17) is 0 Å². The maximum absolute atomic E-state index is 12.9. The number of hydrogen-bond acceptors (Lipinski definition) is 4. The Bertz CT molecular complexity index is 736. The highest BCUT2D eigenvalue weighted by Crippen LogP contribution is 2.26. The van der Waals surface area contributed by atoms with Crippen LogP contribution < -0.4 is 0 Å². The number of aliphatic carboxylic acids is 1. The smallest absolute Gasteiger partial charge is 0.326 e. The van der Waals surface area contributed by atoms with Crippen molar-refractivity contribution in [1.29, 1.82) is 0 Å². The van der Waals surface area contributed by atoms with Gasteiger partial charge in [0.25, 0.3) is 5.91 Å². The Kier molecular flexibility index (Phi) is 4.21. The predicted octanol–water partition coefficient (Wildman–Crippen LogP) is 2.63. The van der Waals surface area contributed by atoms with Crippen molar-refractivity contribution in [2.24, 2.45) is 0 Å². The Labute approximate surface area is 138 Å². The van der Waals surface area contributed by atoms with Crippen LogP contribution in [-0.2, 0) is 4.79 Å². The third-order valence-electron chi connectivity index (χ3n) is 4.32. The minimum Gasteiger partial charge on any atom is -0.480 e. The van der Waals surface area contributed by atoms with Crippen LogP contribution in [0.4, 0.5) is 0 Å². The highest BCUT2D eigenvalue weighted by atomic mass is 32.1. The van der Waals surface area contributed by atoms with Crippen molar-refractivity contribution < 1.29 is 14.7 Å². The molecule has 3 heterocycles. The second kappa shape index (κ2) is 6.16. The van der Waals surface area contributed by atoms with Crippen LogP contribution in [0.1, 0.15) is 41.0 Å². The number of thiazole rings is 1. The summed E-state index contributed by atoms with van der Waals surface area (Å²) in [5.74, 6) is -1.13. The molecule has 1 amide bonds. The van der Waals surface area contributed by atoms with Crippen LogP contribution in [-0.4, -0.2) is 44.0 Å². The van der Waals surface area contributed by atoms with Gasteiger partial charge in [-0.25, -0.2) is 9.78 Å². The first-order chi connectivity index (χ1) is 11.0. The summed E-state index contributed by atoms with van der Waals surface area (Å²) in [6, 6.07) is 1.10. The second-order valence-electron chi connectivity index (χ2n) is 5.78. The summed E-state index contributed by atoms with van der Waals surface area (Å²) in [5, 5.41) is 12.1. The van der Waals surface area contributed by atoms with Crippen molar-refractivity contribution in [3.8, 4) is 5.13 Å². The van der Waals surface area contributed by atoms with Crippen LogP contribution >= 0.6 is 11.3 Å². The topological polar surface area (TPSA) is 75.4 Å². The molecule has 0 radical (unpaired) electrons. The maximum atomic E-state index is 12.9. The average molecular weight is 333 g/mol. The molecule has 122 valence electrons. The lowest BCUT2D eigenvalue weighted by Gasteiger charge is -2.33. The Hall–Kier alpha value is -2.15. The summed E-state index contributed by atoms with van der Waals surface area (Å²) in [7, 11) is 0. The van der Waals surface area contributed by atoms with Gasteiger partial charge in [-0.3, -0.25) is 9.36 Å². The van der Waals surface area contributed by atoms with E-state index in [1.807, 2.05) is 29.9 Å². The first kappa shape index (κ1) is 15.7. The van der Waals surface area contributed by atoms with Gasteiger partial charge in [-0.05, 0) is 39.2 Å². The molecule has 1 fully saturated rings. The van der Waals surface area contributed by atoms with Crippen molar-refractivity contribution in [3.05, 3.63) is 34.6 Å². The summed E-state index contributed by atoms with van der Waals surface area (Å²) < 4.78 is 1.94. The molecule has 0 bridgehead atoms. The number of aromatic nitrogens is 2. The maximum Gasteiger partial charge on any atom is 0.326 e. The van der Waals surface area contributed by atoms with Gasteiger partial charge in [0.05, 0.1) is 5.56 Å². The molecule has 7 heteroatoms. The molecule has 1 saturated heterocycles. The lowest BCUT2D eigenvalue weighted by molar-refractivity contribution is -0.143. The molecule has 1 atom stereocenters. The Balaban J connectivity index is 1.97. The van der Waals surface area contributed by atoms with Crippen LogP contribution in [0.3, 0.4) is 0 Å². The third-order valence-corrected chi connectivity index (χ3v) is 5.08. The minimum absolute atomic E-state index is 0.201. The Morgan fingerprint density at radius 1 is 1.35 bits per heavy atom. The molecule has 1 aliphatic rings. The van der Waals surface area contributed by atoms with Crippen molar-refractivity contribution in [2.75, 3.05) is 6.54 Å². The molecule has 0 saturated carbocycles. The number of carbonyl (C=O) groups excluding carboxylic acids is 1. The molecule has 23 heavy (non-hydrogen) atoms. The van der Waals surface area contributed by atoms with Crippen LogP contribution in [0.2, 0.25) is 0 Å². The molecular formula is C16H19N3O3S. The van der Waals surface area contributed by atoms with Crippen LogP contribution in [0.15, 0.2) is 17.6 Å². The lowest BCUT2D eigenvalue weighted by atomic mass is 10.0. The van der Waals surface area contributed by atoms with Crippen LogP contribution in [0, 0.1) is 13.8 Å². The zero-order valence-corrected chi connectivity index (χ0v) is 14.0. The zero-order chi connectivity index (χ0) is 16.6. The monoisotopic (exact) mass is 333 g/mol. The number of likely N-dealkylation sites (tertiary alicyclic amines) is 1. The fourth-order valence-electron chi connectivity index (χ4n) is 3.19. The van der Waals surface area contributed by atoms with Crippen molar-refractivity contribution in [1.82, 2.24) is 14.5 Å². The number of rotatable bonds is 3. The summed E-state index contributed by atoms with van der Waals surface area (Å²) in [5.41, 5.74) is 2.28. The number of carbonyl (C=O) groups is 2. The van der Waals surface area contributed by atoms with Gasteiger partial charge in [0.15, 0.2) is 5.13 Å². The van der Waals surface area contributed by atoms with Gasteiger partial charge in [0, 0.05) is 29.5 Å². The van der Waals surface area contributed by atoms with Gasteiger partial charge in [-0.2, -0.15) is 0 Å². The standard InChI is InChI=1S/C16H19N3O3S/c1-10-9-12(11(2)19(10)16-17-6-8-23-16)14(20)18-7-4-3-5-13(18)15(21)22/h6,8-9,13H,3-5,7H2,1-2H3,(H,21,22)/t13-/m1/s1. The van der Waals surface area contributed by atoms with Gasteiger partial charge < -0.3 is 10.0 Å². The largest absolute Gasteiger partial charge is 0.480 e. The minimum atomic E-state index is -0.924. The molecule has 2 aromatic rings. The number of carboxylic acid groups (broad SMARTS) is 1. The van der Waals surface area contributed by atoms with E-state index in [-0.39, 0.29) is 5.91 Å². The predicted molar refractivity (Wildman–Crippen MR) is 87.2 cm³/mol. The summed E-state index contributed by atoms with van der Waals surface area (Å²) in [4.78, 5) is 30.1. The van der Waals surface area contributed by atoms with Gasteiger partial charge in [-0.1, -0.05) is 0 Å². The van der Waals surface area contributed by atoms with E-state index in [0.717, 1.165) is 29.4 Å². The summed E-state index contributed by atoms with van der Waals surface area (Å²) in [6.45, 7) is 4.30. The van der Waals surface area contributed by atoms with Crippen LogP contribution in [0.5, 0.6) is 0 Å². The summed E-state index contributed by atoms with van der Waals surface area (Å²) in [6.07, 6.45) is 3.94. The second-order valence-corrected chi connectivity index (χ2v) is 6.66. The zero-order valence-electron chi connectivity index (χ0n) is 13.2. The van der Waals surface area contributed by atoms with Crippen molar-refractivity contribution >= 4 is 23.2 Å². The van der Waals surface area contributed by atoms with E-state index in [1.165, 1.54) is 16.2 Å². The molecule has 0 spiro atoms. The Morgan fingerprint density at radius 2 is 2.13 bits per heavy atom. The first-order valence-electron chi connectivity index (χ1n) is 7.63. The van der Waals surface area contributed by atoms with Gasteiger partial charge in [-0.15, -0.1) is 11.3 Å². The van der Waals surface area contributed by atoms with Crippen LogP contribution in [0.25, 0.3) is 5.13 Å². The lowest BCUT2D eigenvalue weighted by Crippen LogP contribution is -2.48. The van der Waals surface area contributed by atoms with Crippen molar-refractivity contribution in [3.63, 3.8) is 0 Å². The number of carboxylic acids is 1. The fraction of sp³-hybridized carbons (Fsp3) is 0.438. The number of amides is 1. The van der Waals surface area contributed by atoms with E-state index in [2.05, 4.69) is 4.98 Å². The molecule has 0 aliphatic carbocycles. The Morgan fingerprint density at radius 3 is 2.78 bits per heavy atom. The van der Waals surface area contributed by atoms with Crippen molar-refractivity contribution in [2.45, 2.75) is 39.2 Å². The van der Waals surface area contributed by atoms with Gasteiger partial charge >= 0.3 is 5.97 Å². The van der Waals surface area contributed by atoms with E-state index in [9.17, 15) is 14.7 Å². The average Bonchev–Trinajstić information content (AvgIpc) is 3.14. The van der Waals surface area contributed by atoms with E-state index >= 15 is 0 Å². The SMILES string of the molecule is Cc1cc(C(=O)N2CCCC[C@@H]2C(=O)O)c(C)n1-c1nccs1. The molecule has 1 aliphatic heterocycles. The number of hydrogen-bond donors (Lipinski definition) is 1. The fourth-order valence-corrected chi connectivity index (χ4v) is 3.94. The van der Waals surface area contributed by atoms with E-state index in [1.54, 1.807) is 6.20 Å².